The number of nitrogens with zero attached hydrogens (tertiary/aromatic N) is 5. The Morgan fingerprint density at radius 3 is 2.29 bits per heavy atom. The number of carbonyl (C=O) groups excluding carboxylic acids is 2. The molecule has 3 aromatic rings. The van der Waals surface area contributed by atoms with Crippen molar-refractivity contribution in [1.82, 2.24) is 24.9 Å². The number of alkyl halides is 6. The molecule has 55 heavy (non-hydrogen) atoms. The molecule has 2 aliphatic rings. The van der Waals surface area contributed by atoms with E-state index in [9.17, 15) is 41.0 Å². The Morgan fingerprint density at radius 1 is 1.00 bits per heavy atom. The summed E-state index contributed by atoms with van der Waals surface area (Å²) >= 11 is 0. The molecule has 298 valence electrons. The molecule has 1 saturated heterocycles. The minimum absolute atomic E-state index is 0.0553. The molecule has 1 aromatic heterocycles. The maximum absolute atomic E-state index is 15.5. The zero-order valence-corrected chi connectivity index (χ0v) is 30.3. The number of nitrogens with one attached hydrogen (secondary N) is 1. The number of hydrogen-bond acceptors (Lipinski definition) is 9. The van der Waals surface area contributed by atoms with E-state index in [1.54, 1.807) is 20.8 Å². The van der Waals surface area contributed by atoms with Gasteiger partial charge in [0.25, 0.3) is 11.8 Å². The summed E-state index contributed by atoms with van der Waals surface area (Å²) in [5.74, 6) is -6.33. The average Bonchev–Trinajstić information content (AvgIpc) is 3.08. The van der Waals surface area contributed by atoms with E-state index < -0.39 is 98.9 Å². The summed E-state index contributed by atoms with van der Waals surface area (Å²) in [5, 5.41) is 15.8. The Balaban J connectivity index is 1.48. The van der Waals surface area contributed by atoms with Crippen LogP contribution in [0.25, 0.3) is 11.3 Å². The van der Waals surface area contributed by atoms with Gasteiger partial charge in [-0.25, -0.2) is 19.4 Å². The highest BCUT2D eigenvalue weighted by Gasteiger charge is 2.46. The number of rotatable bonds is 9. The number of likely N-dealkylation sites (N-methyl/N-ethyl adjacent to an activating group) is 1. The SMILES string of the molecule is Cc1c(-c2cc(C(F)(F)F)ccc2NC(=O)C2=C(O)[C@H](C(C)(C)C)N(C)N(Cc3ccc(OCCN4CCOCC4)c(F)c3F)C2=O)ncnc1C(F)(F)F. The quantitative estimate of drug-likeness (QED) is 0.184. The van der Waals surface area contributed by atoms with E-state index in [0.29, 0.717) is 51.3 Å². The molecular weight excluding hydrogens is 748 g/mol. The van der Waals surface area contributed by atoms with Gasteiger partial charge in [0.15, 0.2) is 17.3 Å². The van der Waals surface area contributed by atoms with Crippen molar-refractivity contribution in [3.05, 3.63) is 82.0 Å². The number of aliphatic hydroxyl groups is 1. The number of halogens is 8. The Labute approximate surface area is 310 Å². The summed E-state index contributed by atoms with van der Waals surface area (Å²) in [7, 11) is 1.38. The fourth-order valence-electron chi connectivity index (χ4n) is 6.50. The topological polar surface area (TPSA) is 120 Å². The second-order valence-corrected chi connectivity index (χ2v) is 14.0. The second kappa shape index (κ2) is 15.7. The molecule has 3 heterocycles. The Morgan fingerprint density at radius 2 is 1.67 bits per heavy atom. The molecule has 0 aliphatic carbocycles. The van der Waals surface area contributed by atoms with Crippen molar-refractivity contribution in [3.63, 3.8) is 0 Å². The number of hydrogen-bond donors (Lipinski definition) is 2. The number of anilines is 1. The molecule has 0 spiro atoms. The van der Waals surface area contributed by atoms with Crippen molar-refractivity contribution in [2.45, 2.75) is 52.6 Å². The van der Waals surface area contributed by atoms with Gasteiger partial charge in [0, 0.05) is 43.4 Å². The van der Waals surface area contributed by atoms with Crippen LogP contribution in [0.4, 0.5) is 40.8 Å². The molecule has 19 heteroatoms. The van der Waals surface area contributed by atoms with Gasteiger partial charge >= 0.3 is 12.4 Å². The lowest BCUT2D eigenvalue weighted by molar-refractivity contribution is -0.158. The van der Waals surface area contributed by atoms with Crippen LogP contribution in [0.1, 0.15) is 43.2 Å². The summed E-state index contributed by atoms with van der Waals surface area (Å²) in [4.78, 5) is 37.0. The van der Waals surface area contributed by atoms with Crippen LogP contribution in [0.15, 0.2) is 48.0 Å². The number of carbonyl (C=O) groups is 2. The van der Waals surface area contributed by atoms with Gasteiger partial charge in [-0.1, -0.05) is 26.8 Å². The fourth-order valence-corrected chi connectivity index (χ4v) is 6.50. The third-order valence-corrected chi connectivity index (χ3v) is 9.18. The van der Waals surface area contributed by atoms with Gasteiger partial charge in [0.2, 0.25) is 5.82 Å². The molecule has 2 aliphatic heterocycles. The highest BCUT2D eigenvalue weighted by Crippen LogP contribution is 2.41. The van der Waals surface area contributed by atoms with Crippen LogP contribution in [0, 0.1) is 24.0 Å². The highest BCUT2D eigenvalue weighted by atomic mass is 19.4. The molecule has 0 radical (unpaired) electrons. The van der Waals surface area contributed by atoms with Crippen LogP contribution in [0.2, 0.25) is 0 Å². The van der Waals surface area contributed by atoms with Crippen molar-refractivity contribution in [2.24, 2.45) is 5.41 Å². The number of ether oxygens (including phenoxy) is 2. The first-order valence-electron chi connectivity index (χ1n) is 16.9. The Hall–Kier alpha value is -4.88. The van der Waals surface area contributed by atoms with E-state index in [-0.39, 0.29) is 17.9 Å². The Kier molecular flexibility index (Phi) is 11.8. The zero-order chi connectivity index (χ0) is 40.6. The van der Waals surface area contributed by atoms with E-state index in [1.165, 1.54) is 24.2 Å². The van der Waals surface area contributed by atoms with Crippen molar-refractivity contribution in [3.8, 4) is 17.0 Å². The summed E-state index contributed by atoms with van der Waals surface area (Å²) < 4.78 is 124. The van der Waals surface area contributed by atoms with Crippen LogP contribution >= 0.6 is 0 Å². The van der Waals surface area contributed by atoms with Crippen LogP contribution in [0.3, 0.4) is 0 Å². The average molecular weight is 787 g/mol. The van der Waals surface area contributed by atoms with Crippen molar-refractivity contribution in [1.29, 1.82) is 0 Å². The van der Waals surface area contributed by atoms with Crippen molar-refractivity contribution in [2.75, 3.05) is 51.8 Å². The third kappa shape index (κ3) is 8.83. The predicted molar refractivity (Wildman–Crippen MR) is 181 cm³/mol. The lowest BCUT2D eigenvalue weighted by atomic mass is 9.82. The van der Waals surface area contributed by atoms with Gasteiger partial charge in [-0.3, -0.25) is 19.5 Å². The van der Waals surface area contributed by atoms with E-state index in [1.807, 2.05) is 4.90 Å². The lowest BCUT2D eigenvalue weighted by Crippen LogP contribution is -2.59. The first kappa shape index (κ1) is 41.3. The molecule has 1 fully saturated rings. The van der Waals surface area contributed by atoms with Gasteiger partial charge in [-0.15, -0.1) is 0 Å². The number of aromatic nitrogens is 2. The van der Waals surface area contributed by atoms with E-state index >= 15 is 8.78 Å². The molecular formula is C36H38F8N6O5. The molecule has 2 aromatic carbocycles. The normalized spacial score (nSPS) is 17.9. The molecule has 0 saturated carbocycles. The number of morpholine rings is 1. The van der Waals surface area contributed by atoms with Crippen molar-refractivity contribution < 1.29 is 59.3 Å². The molecule has 2 N–H and O–H groups in total. The first-order chi connectivity index (χ1) is 25.6. The minimum Gasteiger partial charge on any atom is -0.509 e. The smallest absolute Gasteiger partial charge is 0.433 e. The van der Waals surface area contributed by atoms with E-state index in [2.05, 4.69) is 15.3 Å². The van der Waals surface area contributed by atoms with Gasteiger partial charge in [0.05, 0.1) is 42.7 Å². The standard InChI is InChI=1S/C36H38F8N6O5/c1-19-28(45-18-46-30(19)36(42,43)44)22-16-21(35(39,40)41)7-8-23(22)47-32(52)25-29(51)31(34(2,3)4)48(5)50(33(25)53)17-20-6-9-24(27(38)26(20)37)55-15-12-49-10-13-54-14-11-49/h6-9,16,18,31,51H,10-15,17H2,1-5H3,(H,47,52)/t31-/m1/s1. The fraction of sp³-hybridized carbons (Fsp3) is 0.444. The molecule has 0 unspecified atom stereocenters. The summed E-state index contributed by atoms with van der Waals surface area (Å²) in [6.45, 7) is 8.15. The maximum Gasteiger partial charge on any atom is 0.433 e. The zero-order valence-electron chi connectivity index (χ0n) is 30.3. The molecule has 2 amide bonds. The maximum atomic E-state index is 15.5. The van der Waals surface area contributed by atoms with Crippen molar-refractivity contribution >= 4 is 17.5 Å². The largest absolute Gasteiger partial charge is 0.509 e. The number of benzene rings is 2. The Bertz CT molecular complexity index is 1980. The van der Waals surface area contributed by atoms with Crippen LogP contribution in [-0.2, 0) is 33.2 Å². The second-order valence-electron chi connectivity index (χ2n) is 14.0. The molecule has 5 rings (SSSR count). The lowest BCUT2D eigenvalue weighted by Gasteiger charge is -2.46. The van der Waals surface area contributed by atoms with Gasteiger partial charge in [0.1, 0.15) is 24.3 Å². The van der Waals surface area contributed by atoms with Gasteiger partial charge in [-0.05, 0) is 36.6 Å². The molecule has 0 bridgehead atoms. The summed E-state index contributed by atoms with van der Waals surface area (Å²) in [5.41, 5.74) is -7.21. The number of aliphatic hydroxyl groups excluding tert-OH is 1. The predicted octanol–water partition coefficient (Wildman–Crippen LogP) is 6.53. The molecule has 11 nitrogen and oxygen atoms in total. The van der Waals surface area contributed by atoms with Crippen LogP contribution < -0.4 is 10.1 Å². The summed E-state index contributed by atoms with van der Waals surface area (Å²) in [6, 6.07) is 3.04. The highest BCUT2D eigenvalue weighted by molar-refractivity contribution is 6.24. The monoisotopic (exact) mass is 786 g/mol. The van der Waals surface area contributed by atoms with Crippen LogP contribution in [-0.4, -0.2) is 94.4 Å². The van der Waals surface area contributed by atoms with Gasteiger partial charge < -0.3 is 19.9 Å². The first-order valence-corrected chi connectivity index (χ1v) is 16.9. The van der Waals surface area contributed by atoms with E-state index in [0.717, 1.165) is 18.0 Å². The minimum atomic E-state index is -5.01. The number of hydrazine groups is 1. The van der Waals surface area contributed by atoms with Gasteiger partial charge in [-0.2, -0.15) is 30.7 Å². The number of amides is 2. The summed E-state index contributed by atoms with van der Waals surface area (Å²) in [6.07, 6.45) is -9.46. The third-order valence-electron chi connectivity index (χ3n) is 9.18. The van der Waals surface area contributed by atoms with E-state index in [4.69, 9.17) is 9.47 Å². The van der Waals surface area contributed by atoms with Crippen LogP contribution in [0.5, 0.6) is 5.75 Å². The molecule has 1 atom stereocenters.